The molecule has 0 unspecified atom stereocenters. The summed E-state index contributed by atoms with van der Waals surface area (Å²) in [6.45, 7) is 5.12. The Labute approximate surface area is 198 Å². The van der Waals surface area contributed by atoms with Gasteiger partial charge in [-0.1, -0.05) is 30.2 Å². The lowest BCUT2D eigenvalue weighted by Gasteiger charge is -2.25. The maximum absolute atomic E-state index is 13.0. The van der Waals surface area contributed by atoms with E-state index in [2.05, 4.69) is 21.3 Å². The molecule has 1 N–H and O–H groups in total. The molecule has 33 heavy (non-hydrogen) atoms. The van der Waals surface area contributed by atoms with Gasteiger partial charge in [0, 0.05) is 28.7 Å². The molecule has 0 radical (unpaired) electrons. The van der Waals surface area contributed by atoms with E-state index in [1.54, 1.807) is 0 Å². The van der Waals surface area contributed by atoms with Crippen molar-refractivity contribution >= 4 is 34.0 Å². The Morgan fingerprint density at radius 1 is 1.03 bits per heavy atom. The van der Waals surface area contributed by atoms with Crippen LogP contribution in [0.15, 0.2) is 47.8 Å². The third-order valence-electron chi connectivity index (χ3n) is 6.38. The van der Waals surface area contributed by atoms with Crippen molar-refractivity contribution in [3.63, 3.8) is 0 Å². The Morgan fingerprint density at radius 2 is 1.82 bits per heavy atom. The van der Waals surface area contributed by atoms with Gasteiger partial charge >= 0.3 is 0 Å². The van der Waals surface area contributed by atoms with Crippen LogP contribution >= 0.6 is 11.3 Å². The highest BCUT2D eigenvalue weighted by molar-refractivity contribution is 7.14. The molecular formula is C26H28N4O2S. The van der Waals surface area contributed by atoms with Gasteiger partial charge in [-0.15, -0.1) is 11.3 Å². The van der Waals surface area contributed by atoms with E-state index in [0.29, 0.717) is 23.8 Å². The zero-order chi connectivity index (χ0) is 22.8. The number of anilines is 2. The molecular weight excluding hydrogens is 432 g/mol. The van der Waals surface area contributed by atoms with Crippen LogP contribution < -0.4 is 10.2 Å². The lowest BCUT2D eigenvalue weighted by atomic mass is 10.1. The maximum atomic E-state index is 13.0. The van der Waals surface area contributed by atoms with Crippen LogP contribution in [0.5, 0.6) is 0 Å². The minimum atomic E-state index is -0.00277. The molecule has 1 fully saturated rings. The van der Waals surface area contributed by atoms with Gasteiger partial charge in [0.1, 0.15) is 0 Å². The lowest BCUT2D eigenvalue weighted by molar-refractivity contribution is -0.117. The van der Waals surface area contributed by atoms with Gasteiger partial charge in [0.15, 0.2) is 5.13 Å². The Balaban J connectivity index is 1.26. The number of nitrogens with one attached hydrogen (secondary N) is 1. The smallest absolute Gasteiger partial charge is 0.258 e. The van der Waals surface area contributed by atoms with Crippen LogP contribution in [-0.2, 0) is 11.2 Å². The van der Waals surface area contributed by atoms with Crippen molar-refractivity contribution in [1.82, 2.24) is 9.88 Å². The van der Waals surface area contributed by atoms with Gasteiger partial charge in [-0.05, 0) is 69.1 Å². The van der Waals surface area contributed by atoms with E-state index in [-0.39, 0.29) is 11.8 Å². The topological polar surface area (TPSA) is 65.5 Å². The van der Waals surface area contributed by atoms with E-state index >= 15 is 0 Å². The van der Waals surface area contributed by atoms with Gasteiger partial charge in [-0.2, -0.15) is 0 Å². The molecule has 0 saturated carbocycles. The SMILES string of the molecule is Cc1ccc(C(=O)N2CCc3cc(-c4csc(NC(=O)CN5CCCCC5)n4)ccc32)cc1. The molecule has 170 valence electrons. The monoisotopic (exact) mass is 460 g/mol. The van der Waals surface area contributed by atoms with E-state index in [1.165, 1.54) is 30.6 Å². The van der Waals surface area contributed by atoms with Crippen molar-refractivity contribution in [2.75, 3.05) is 36.4 Å². The van der Waals surface area contributed by atoms with Crippen molar-refractivity contribution in [2.24, 2.45) is 0 Å². The van der Waals surface area contributed by atoms with E-state index < -0.39 is 0 Å². The predicted molar refractivity (Wildman–Crippen MR) is 133 cm³/mol. The number of piperidine rings is 1. The summed E-state index contributed by atoms with van der Waals surface area (Å²) >= 11 is 1.45. The molecule has 1 aromatic heterocycles. The second-order valence-electron chi connectivity index (χ2n) is 8.84. The standard InChI is InChI=1S/C26H28N4O2S/c1-18-5-7-19(8-6-18)25(32)30-14-11-21-15-20(9-10-23(21)30)22-17-33-26(27-22)28-24(31)16-29-12-3-2-4-13-29/h5-10,15,17H,2-4,11-14,16H2,1H3,(H,27,28,31). The zero-order valence-corrected chi connectivity index (χ0v) is 19.7. The molecule has 2 aliphatic heterocycles. The normalized spacial score (nSPS) is 16.0. The molecule has 0 atom stereocenters. The molecule has 5 rings (SSSR count). The number of thiazole rings is 1. The minimum absolute atomic E-state index is 0.00277. The molecule has 6 nitrogen and oxygen atoms in total. The van der Waals surface area contributed by atoms with Crippen molar-refractivity contribution < 1.29 is 9.59 Å². The lowest BCUT2D eigenvalue weighted by Crippen LogP contribution is -2.36. The number of hydrogen-bond acceptors (Lipinski definition) is 5. The molecule has 0 bridgehead atoms. The fourth-order valence-corrected chi connectivity index (χ4v) is 5.30. The summed E-state index contributed by atoms with van der Waals surface area (Å²) in [5.74, 6) is 0.0332. The number of carbonyl (C=O) groups excluding carboxylic acids is 2. The van der Waals surface area contributed by atoms with Crippen molar-refractivity contribution in [3.05, 3.63) is 64.5 Å². The first-order valence-corrected chi connectivity index (χ1v) is 12.4. The number of fused-ring (bicyclic) bond motifs is 1. The number of likely N-dealkylation sites (tertiary alicyclic amines) is 1. The van der Waals surface area contributed by atoms with Crippen LogP contribution in [0.2, 0.25) is 0 Å². The molecule has 0 aliphatic carbocycles. The van der Waals surface area contributed by atoms with Gasteiger partial charge in [0.2, 0.25) is 5.91 Å². The van der Waals surface area contributed by atoms with Crippen molar-refractivity contribution in [2.45, 2.75) is 32.6 Å². The Morgan fingerprint density at radius 3 is 2.61 bits per heavy atom. The highest BCUT2D eigenvalue weighted by atomic mass is 32.1. The third kappa shape index (κ3) is 4.84. The second-order valence-corrected chi connectivity index (χ2v) is 9.70. The van der Waals surface area contributed by atoms with Crippen LogP contribution in [0.25, 0.3) is 11.3 Å². The molecule has 3 heterocycles. The first-order chi connectivity index (χ1) is 16.1. The maximum Gasteiger partial charge on any atom is 0.258 e. The van der Waals surface area contributed by atoms with Gasteiger partial charge in [0.25, 0.3) is 5.91 Å². The number of carbonyl (C=O) groups is 2. The first kappa shape index (κ1) is 21.8. The fourth-order valence-electron chi connectivity index (χ4n) is 4.57. The summed E-state index contributed by atoms with van der Waals surface area (Å²) in [5, 5.41) is 5.55. The second kappa shape index (κ2) is 9.45. The number of aromatic nitrogens is 1. The number of amides is 2. The van der Waals surface area contributed by atoms with E-state index in [0.717, 1.165) is 47.6 Å². The summed E-state index contributed by atoms with van der Waals surface area (Å²) in [6, 6.07) is 13.9. The predicted octanol–water partition coefficient (Wildman–Crippen LogP) is 4.75. The summed E-state index contributed by atoms with van der Waals surface area (Å²) in [6.07, 6.45) is 4.42. The average Bonchev–Trinajstić information content (AvgIpc) is 3.46. The van der Waals surface area contributed by atoms with Crippen molar-refractivity contribution in [3.8, 4) is 11.3 Å². The number of benzene rings is 2. The van der Waals surface area contributed by atoms with Crippen LogP contribution in [0.3, 0.4) is 0 Å². The van der Waals surface area contributed by atoms with Gasteiger partial charge in [-0.25, -0.2) is 4.98 Å². The van der Waals surface area contributed by atoms with E-state index in [4.69, 9.17) is 0 Å². The molecule has 3 aromatic rings. The van der Waals surface area contributed by atoms with Gasteiger partial charge in [0.05, 0.1) is 12.2 Å². The van der Waals surface area contributed by atoms with Crippen molar-refractivity contribution in [1.29, 1.82) is 0 Å². The molecule has 2 aliphatic rings. The number of nitrogens with zero attached hydrogens (tertiary/aromatic N) is 3. The summed E-state index contributed by atoms with van der Waals surface area (Å²) in [5.41, 5.74) is 5.82. The summed E-state index contributed by atoms with van der Waals surface area (Å²) < 4.78 is 0. The quantitative estimate of drug-likeness (QED) is 0.597. The third-order valence-corrected chi connectivity index (χ3v) is 7.14. The molecule has 2 amide bonds. The summed E-state index contributed by atoms with van der Waals surface area (Å²) in [7, 11) is 0. The molecule has 7 heteroatoms. The highest BCUT2D eigenvalue weighted by Gasteiger charge is 2.26. The molecule has 1 saturated heterocycles. The largest absolute Gasteiger partial charge is 0.308 e. The number of rotatable bonds is 5. The van der Waals surface area contributed by atoms with Crippen LogP contribution in [-0.4, -0.2) is 47.9 Å². The van der Waals surface area contributed by atoms with Gasteiger partial charge < -0.3 is 10.2 Å². The molecule has 0 spiro atoms. The first-order valence-electron chi connectivity index (χ1n) is 11.6. The Hall–Kier alpha value is -3.03. The fraction of sp³-hybridized carbons (Fsp3) is 0.346. The van der Waals surface area contributed by atoms with Crippen LogP contribution in [0.4, 0.5) is 10.8 Å². The average molecular weight is 461 g/mol. The summed E-state index contributed by atoms with van der Waals surface area (Å²) in [4.78, 5) is 34.1. The molecule has 2 aromatic carbocycles. The van der Waals surface area contributed by atoms with Crippen LogP contribution in [0, 0.1) is 6.92 Å². The minimum Gasteiger partial charge on any atom is -0.308 e. The van der Waals surface area contributed by atoms with E-state index in [9.17, 15) is 9.59 Å². The zero-order valence-electron chi connectivity index (χ0n) is 18.8. The van der Waals surface area contributed by atoms with E-state index in [1.807, 2.05) is 53.6 Å². The Kier molecular flexibility index (Phi) is 6.24. The number of hydrogen-bond donors (Lipinski definition) is 1. The van der Waals surface area contributed by atoms with Gasteiger partial charge in [-0.3, -0.25) is 14.5 Å². The highest BCUT2D eigenvalue weighted by Crippen LogP contribution is 2.34. The Bertz CT molecular complexity index is 1170. The number of aryl methyl sites for hydroxylation is 1. The van der Waals surface area contributed by atoms with Crippen LogP contribution in [0.1, 0.15) is 40.7 Å².